The zero-order valence-electron chi connectivity index (χ0n) is 18.6. The molecule has 0 saturated carbocycles. The number of H-pyrrole nitrogens is 1. The van der Waals surface area contributed by atoms with Crippen molar-refractivity contribution in [1.29, 1.82) is 0 Å². The van der Waals surface area contributed by atoms with Crippen molar-refractivity contribution in [3.63, 3.8) is 0 Å². The fourth-order valence-corrected chi connectivity index (χ4v) is 5.10. The number of aromatic nitrogens is 4. The Morgan fingerprint density at radius 2 is 1.94 bits per heavy atom. The third-order valence-electron chi connectivity index (χ3n) is 6.31. The maximum absolute atomic E-state index is 12.3. The van der Waals surface area contributed by atoms with E-state index in [1.807, 2.05) is 31.2 Å². The van der Waals surface area contributed by atoms with Crippen molar-refractivity contribution in [3.05, 3.63) is 64.5 Å². The van der Waals surface area contributed by atoms with Gasteiger partial charge in [0.2, 0.25) is 0 Å². The van der Waals surface area contributed by atoms with Crippen molar-refractivity contribution in [2.45, 2.75) is 18.6 Å². The first-order chi connectivity index (χ1) is 16.9. The van der Waals surface area contributed by atoms with Crippen molar-refractivity contribution >= 4 is 46.0 Å². The first-order valence-electron chi connectivity index (χ1n) is 11.0. The lowest BCUT2D eigenvalue weighted by atomic mass is 9.97. The standard InChI is InChI=1S/C24H20Cl2N6O3/c1-13(21-17(25)8-27-9-18(21)26)34-15-3-4-19-16(6-15)22(31-30-19)14-2-5-20(29-7-14)32-12-24(10-28-11-24)35-23(32)33/h2-9,13,28H,10-12H2,1H3,(H,30,31). The van der Waals surface area contributed by atoms with E-state index in [2.05, 4.69) is 25.5 Å². The Balaban J connectivity index is 1.26. The summed E-state index contributed by atoms with van der Waals surface area (Å²) < 4.78 is 11.7. The highest BCUT2D eigenvalue weighted by atomic mass is 35.5. The van der Waals surface area contributed by atoms with Gasteiger partial charge in [-0.3, -0.25) is 15.0 Å². The number of halogens is 2. The van der Waals surface area contributed by atoms with Crippen LogP contribution in [0.25, 0.3) is 22.2 Å². The van der Waals surface area contributed by atoms with E-state index in [0.29, 0.717) is 46.8 Å². The number of aromatic amines is 1. The summed E-state index contributed by atoms with van der Waals surface area (Å²) in [5, 5.41) is 12.4. The first kappa shape index (κ1) is 22.1. The highest BCUT2D eigenvalue weighted by Crippen LogP contribution is 2.35. The predicted octanol–water partition coefficient (Wildman–Crippen LogP) is 4.77. The summed E-state index contributed by atoms with van der Waals surface area (Å²) in [4.78, 5) is 22.4. The molecular formula is C24H20Cl2N6O3. The monoisotopic (exact) mass is 510 g/mol. The van der Waals surface area contributed by atoms with Crippen LogP contribution in [0.2, 0.25) is 10.0 Å². The van der Waals surface area contributed by atoms with Crippen LogP contribution < -0.4 is 15.0 Å². The summed E-state index contributed by atoms with van der Waals surface area (Å²) in [6.45, 7) is 3.69. The predicted molar refractivity (Wildman–Crippen MR) is 132 cm³/mol. The maximum atomic E-state index is 12.3. The summed E-state index contributed by atoms with van der Waals surface area (Å²) >= 11 is 12.6. The van der Waals surface area contributed by atoms with Gasteiger partial charge in [-0.05, 0) is 37.3 Å². The molecule has 3 aromatic heterocycles. The third-order valence-corrected chi connectivity index (χ3v) is 6.91. The van der Waals surface area contributed by atoms with Gasteiger partial charge in [0.05, 0.1) is 22.1 Å². The number of amides is 1. The molecule has 2 N–H and O–H groups in total. The summed E-state index contributed by atoms with van der Waals surface area (Å²) in [6.07, 6.45) is 4.03. The Kier molecular flexibility index (Phi) is 5.28. The van der Waals surface area contributed by atoms with Gasteiger partial charge >= 0.3 is 6.09 Å². The summed E-state index contributed by atoms with van der Waals surface area (Å²) in [6, 6.07) is 9.36. The van der Waals surface area contributed by atoms with E-state index in [1.54, 1.807) is 29.6 Å². The van der Waals surface area contributed by atoms with Gasteiger partial charge in [0, 0.05) is 48.2 Å². The smallest absolute Gasteiger partial charge is 0.416 e. The lowest BCUT2D eigenvalue weighted by Gasteiger charge is -2.36. The van der Waals surface area contributed by atoms with E-state index in [-0.39, 0.29) is 12.2 Å². The molecule has 2 aliphatic rings. The molecule has 1 unspecified atom stereocenters. The highest BCUT2D eigenvalue weighted by molar-refractivity contribution is 6.35. The van der Waals surface area contributed by atoms with Crippen molar-refractivity contribution in [2.24, 2.45) is 0 Å². The normalized spacial score (nSPS) is 17.5. The molecule has 5 heterocycles. The van der Waals surface area contributed by atoms with E-state index in [1.165, 1.54) is 0 Å². The average Bonchev–Trinajstić information content (AvgIpc) is 3.40. The minimum atomic E-state index is -0.436. The molecule has 2 saturated heterocycles. The molecule has 1 aromatic carbocycles. The Hall–Kier alpha value is -3.40. The van der Waals surface area contributed by atoms with Gasteiger partial charge in [-0.25, -0.2) is 9.78 Å². The molecule has 1 atom stereocenters. The van der Waals surface area contributed by atoms with Crippen LogP contribution in [0.4, 0.5) is 10.6 Å². The molecule has 1 spiro atoms. The molecule has 35 heavy (non-hydrogen) atoms. The molecule has 0 radical (unpaired) electrons. The maximum Gasteiger partial charge on any atom is 0.416 e. The molecule has 11 heteroatoms. The van der Waals surface area contributed by atoms with Crippen molar-refractivity contribution in [1.82, 2.24) is 25.5 Å². The average molecular weight is 511 g/mol. The van der Waals surface area contributed by atoms with Crippen LogP contribution >= 0.6 is 23.2 Å². The van der Waals surface area contributed by atoms with E-state index in [0.717, 1.165) is 22.2 Å². The number of carbonyl (C=O) groups excluding carboxylic acids is 1. The fourth-order valence-electron chi connectivity index (χ4n) is 4.43. The van der Waals surface area contributed by atoms with E-state index in [9.17, 15) is 4.79 Å². The Morgan fingerprint density at radius 3 is 2.60 bits per heavy atom. The summed E-state index contributed by atoms with van der Waals surface area (Å²) in [7, 11) is 0. The minimum absolute atomic E-state index is 0.373. The van der Waals surface area contributed by atoms with Crippen LogP contribution in [0.3, 0.4) is 0 Å². The molecule has 178 valence electrons. The van der Waals surface area contributed by atoms with Crippen LogP contribution in [-0.2, 0) is 4.74 Å². The van der Waals surface area contributed by atoms with Gasteiger partial charge in [0.1, 0.15) is 23.4 Å². The number of nitrogens with one attached hydrogen (secondary N) is 2. The molecule has 2 fully saturated rings. The zero-order valence-corrected chi connectivity index (χ0v) is 20.1. The molecule has 0 aliphatic carbocycles. The van der Waals surface area contributed by atoms with Crippen LogP contribution in [0, 0.1) is 0 Å². The van der Waals surface area contributed by atoms with Crippen LogP contribution in [0.15, 0.2) is 48.9 Å². The van der Waals surface area contributed by atoms with Gasteiger partial charge < -0.3 is 14.8 Å². The molecule has 2 aliphatic heterocycles. The van der Waals surface area contributed by atoms with Crippen molar-refractivity contribution < 1.29 is 14.3 Å². The third kappa shape index (κ3) is 3.85. The van der Waals surface area contributed by atoms with Gasteiger partial charge in [-0.15, -0.1) is 0 Å². The van der Waals surface area contributed by atoms with Gasteiger partial charge in [-0.1, -0.05) is 23.2 Å². The SMILES string of the molecule is CC(Oc1ccc2[nH]nc(-c3ccc(N4CC5(CNC5)OC4=O)nc3)c2c1)c1c(Cl)cncc1Cl. The van der Waals surface area contributed by atoms with Crippen molar-refractivity contribution in [2.75, 3.05) is 24.5 Å². The second kappa shape index (κ2) is 8.37. The summed E-state index contributed by atoms with van der Waals surface area (Å²) in [5.74, 6) is 1.19. The van der Waals surface area contributed by atoms with Crippen LogP contribution in [0.1, 0.15) is 18.6 Å². The number of hydrogen-bond donors (Lipinski definition) is 2. The Bertz CT molecular complexity index is 1420. The number of hydrogen-bond acceptors (Lipinski definition) is 7. The highest BCUT2D eigenvalue weighted by Gasteiger charge is 2.50. The number of ether oxygens (including phenoxy) is 2. The second-order valence-electron chi connectivity index (χ2n) is 8.70. The Labute approximate surface area is 210 Å². The zero-order chi connectivity index (χ0) is 24.2. The molecule has 6 rings (SSSR count). The minimum Gasteiger partial charge on any atom is -0.486 e. The first-order valence-corrected chi connectivity index (χ1v) is 11.8. The molecular weight excluding hydrogens is 491 g/mol. The number of carbonyl (C=O) groups is 1. The number of anilines is 1. The molecule has 0 bridgehead atoms. The second-order valence-corrected chi connectivity index (χ2v) is 9.52. The van der Waals surface area contributed by atoms with Crippen molar-refractivity contribution in [3.8, 4) is 17.0 Å². The number of rotatable bonds is 5. The van der Waals surface area contributed by atoms with E-state index in [4.69, 9.17) is 32.7 Å². The number of fused-ring (bicyclic) bond motifs is 1. The molecule has 1 amide bonds. The quantitative estimate of drug-likeness (QED) is 0.398. The topological polar surface area (TPSA) is 105 Å². The lowest BCUT2D eigenvalue weighted by Crippen LogP contribution is -2.61. The molecule has 9 nitrogen and oxygen atoms in total. The largest absolute Gasteiger partial charge is 0.486 e. The van der Waals surface area contributed by atoms with Gasteiger partial charge in [-0.2, -0.15) is 5.10 Å². The number of nitrogens with zero attached hydrogens (tertiary/aromatic N) is 4. The number of pyridine rings is 2. The van der Waals surface area contributed by atoms with E-state index >= 15 is 0 Å². The number of benzene rings is 1. The van der Waals surface area contributed by atoms with Gasteiger partial charge in [0.15, 0.2) is 5.60 Å². The van der Waals surface area contributed by atoms with Crippen LogP contribution in [-0.4, -0.2) is 51.5 Å². The molecule has 4 aromatic rings. The Morgan fingerprint density at radius 1 is 1.14 bits per heavy atom. The lowest BCUT2D eigenvalue weighted by molar-refractivity contribution is 0.0142. The van der Waals surface area contributed by atoms with Crippen LogP contribution in [0.5, 0.6) is 5.75 Å². The summed E-state index contributed by atoms with van der Waals surface area (Å²) in [5.41, 5.74) is 2.62. The van der Waals surface area contributed by atoms with E-state index < -0.39 is 5.60 Å². The fraction of sp³-hybridized carbons (Fsp3) is 0.250. The van der Waals surface area contributed by atoms with Gasteiger partial charge in [0.25, 0.3) is 0 Å².